The Balaban J connectivity index is 2.20. The van der Waals surface area contributed by atoms with Crippen LogP contribution in [0.15, 0.2) is 48.5 Å². The van der Waals surface area contributed by atoms with Crippen molar-refractivity contribution in [1.82, 2.24) is 0 Å². The number of ether oxygens (including phenoxy) is 1. The van der Waals surface area contributed by atoms with Gasteiger partial charge in [0.05, 0.1) is 13.2 Å². The van der Waals surface area contributed by atoms with Gasteiger partial charge in [-0.2, -0.15) is 0 Å². The fourth-order valence-electron chi connectivity index (χ4n) is 2.41. The Morgan fingerprint density at radius 1 is 1.10 bits per heavy atom. The number of benzene rings is 2. The number of hydrogen-bond acceptors (Lipinski definition) is 2. The van der Waals surface area contributed by atoms with Gasteiger partial charge in [-0.15, -0.1) is 0 Å². The zero-order valence-corrected chi connectivity index (χ0v) is 12.5. The lowest BCUT2D eigenvalue weighted by Crippen LogP contribution is -2.11. The predicted molar refractivity (Wildman–Crippen MR) is 85.4 cm³/mol. The lowest BCUT2D eigenvalue weighted by atomic mass is 10.0. The van der Waals surface area contributed by atoms with Crippen molar-refractivity contribution in [2.24, 2.45) is 0 Å². The van der Waals surface area contributed by atoms with Gasteiger partial charge >= 0.3 is 0 Å². The van der Waals surface area contributed by atoms with Gasteiger partial charge in [-0.1, -0.05) is 43.7 Å². The second kappa shape index (κ2) is 6.99. The molecule has 0 fully saturated rings. The van der Waals surface area contributed by atoms with Gasteiger partial charge in [0.1, 0.15) is 5.75 Å². The highest BCUT2D eigenvalue weighted by atomic mass is 16.5. The molecule has 1 atom stereocenters. The van der Waals surface area contributed by atoms with Crippen LogP contribution in [0, 0.1) is 6.92 Å². The number of aryl methyl sites for hydroxylation is 1. The summed E-state index contributed by atoms with van der Waals surface area (Å²) >= 11 is 0. The van der Waals surface area contributed by atoms with E-state index in [0.29, 0.717) is 6.04 Å². The normalized spacial score (nSPS) is 11.9. The van der Waals surface area contributed by atoms with E-state index in [-0.39, 0.29) is 0 Å². The van der Waals surface area contributed by atoms with Crippen LogP contribution in [0.5, 0.6) is 5.75 Å². The van der Waals surface area contributed by atoms with Crippen LogP contribution in [-0.4, -0.2) is 7.11 Å². The number of hydrogen-bond donors (Lipinski definition) is 1. The standard InChI is InChI=1S/C18H23NO/c1-4-8-18(15-9-6-5-7-10-15)19-17-12-11-16(20-3)13-14(17)2/h5-7,9-13,18-19H,4,8H2,1-3H3. The summed E-state index contributed by atoms with van der Waals surface area (Å²) in [4.78, 5) is 0. The summed E-state index contributed by atoms with van der Waals surface area (Å²) in [6.45, 7) is 4.33. The van der Waals surface area contributed by atoms with Gasteiger partial charge in [0.25, 0.3) is 0 Å². The van der Waals surface area contributed by atoms with E-state index in [0.717, 1.165) is 18.6 Å². The van der Waals surface area contributed by atoms with Gasteiger partial charge in [0.15, 0.2) is 0 Å². The van der Waals surface area contributed by atoms with E-state index in [4.69, 9.17) is 4.74 Å². The van der Waals surface area contributed by atoms with Crippen molar-refractivity contribution >= 4 is 5.69 Å². The van der Waals surface area contributed by atoms with Crippen LogP contribution in [0.2, 0.25) is 0 Å². The Kier molecular flexibility index (Phi) is 5.05. The van der Waals surface area contributed by atoms with Crippen molar-refractivity contribution in [2.45, 2.75) is 32.7 Å². The first-order valence-electron chi connectivity index (χ1n) is 7.20. The summed E-state index contributed by atoms with van der Waals surface area (Å²) in [6, 6.07) is 17.2. The third-order valence-electron chi connectivity index (χ3n) is 3.54. The highest BCUT2D eigenvalue weighted by molar-refractivity contribution is 5.55. The van der Waals surface area contributed by atoms with Gasteiger partial charge in [0.2, 0.25) is 0 Å². The van der Waals surface area contributed by atoms with Crippen molar-refractivity contribution in [2.75, 3.05) is 12.4 Å². The number of anilines is 1. The maximum Gasteiger partial charge on any atom is 0.119 e. The quantitative estimate of drug-likeness (QED) is 0.800. The lowest BCUT2D eigenvalue weighted by molar-refractivity contribution is 0.414. The Morgan fingerprint density at radius 2 is 1.85 bits per heavy atom. The molecule has 2 aromatic rings. The topological polar surface area (TPSA) is 21.3 Å². The average molecular weight is 269 g/mol. The monoisotopic (exact) mass is 269 g/mol. The first kappa shape index (κ1) is 14.4. The smallest absolute Gasteiger partial charge is 0.119 e. The van der Waals surface area contributed by atoms with Crippen LogP contribution in [0.1, 0.15) is 36.9 Å². The molecule has 0 aromatic heterocycles. The lowest BCUT2D eigenvalue weighted by Gasteiger charge is -2.21. The Labute approximate surface area is 121 Å². The summed E-state index contributed by atoms with van der Waals surface area (Å²) in [5.74, 6) is 0.903. The molecule has 0 saturated heterocycles. The molecule has 0 bridgehead atoms. The third kappa shape index (κ3) is 3.53. The second-order valence-electron chi connectivity index (χ2n) is 5.08. The Hall–Kier alpha value is -1.96. The molecule has 2 heteroatoms. The summed E-state index contributed by atoms with van der Waals surface area (Å²) < 4.78 is 5.26. The van der Waals surface area contributed by atoms with Crippen LogP contribution in [0.4, 0.5) is 5.69 Å². The molecule has 0 aliphatic rings. The van der Waals surface area contributed by atoms with Crippen LogP contribution in [-0.2, 0) is 0 Å². The molecular weight excluding hydrogens is 246 g/mol. The third-order valence-corrected chi connectivity index (χ3v) is 3.54. The van der Waals surface area contributed by atoms with Crippen molar-refractivity contribution in [1.29, 1.82) is 0 Å². The van der Waals surface area contributed by atoms with E-state index in [1.165, 1.54) is 16.8 Å². The summed E-state index contributed by atoms with van der Waals surface area (Å²) in [7, 11) is 1.70. The Bertz CT molecular complexity index is 536. The fraction of sp³-hybridized carbons (Fsp3) is 0.333. The van der Waals surface area contributed by atoms with E-state index >= 15 is 0 Å². The predicted octanol–water partition coefficient (Wildman–Crippen LogP) is 4.96. The molecule has 0 amide bonds. The van der Waals surface area contributed by atoms with E-state index in [1.54, 1.807) is 7.11 Å². The highest BCUT2D eigenvalue weighted by Gasteiger charge is 2.11. The van der Waals surface area contributed by atoms with Crippen LogP contribution < -0.4 is 10.1 Å². The van der Waals surface area contributed by atoms with Crippen molar-refractivity contribution in [3.05, 3.63) is 59.7 Å². The van der Waals surface area contributed by atoms with E-state index < -0.39 is 0 Å². The van der Waals surface area contributed by atoms with Gasteiger partial charge in [-0.05, 0) is 42.7 Å². The van der Waals surface area contributed by atoms with Crippen molar-refractivity contribution < 1.29 is 4.74 Å². The summed E-state index contributed by atoms with van der Waals surface area (Å²) in [6.07, 6.45) is 2.28. The Morgan fingerprint density at radius 3 is 2.45 bits per heavy atom. The molecule has 0 aliphatic heterocycles. The molecule has 2 aromatic carbocycles. The molecular formula is C18H23NO. The first-order chi connectivity index (χ1) is 9.74. The van der Waals surface area contributed by atoms with E-state index in [1.807, 2.05) is 6.07 Å². The second-order valence-corrected chi connectivity index (χ2v) is 5.08. The largest absolute Gasteiger partial charge is 0.497 e. The number of nitrogens with one attached hydrogen (secondary N) is 1. The zero-order chi connectivity index (χ0) is 14.4. The number of methoxy groups -OCH3 is 1. The van der Waals surface area contributed by atoms with Gasteiger partial charge < -0.3 is 10.1 Å². The minimum Gasteiger partial charge on any atom is -0.497 e. The molecule has 0 saturated carbocycles. The van der Waals surface area contributed by atoms with Gasteiger partial charge in [0, 0.05) is 5.69 Å². The van der Waals surface area contributed by atoms with Crippen molar-refractivity contribution in [3.63, 3.8) is 0 Å². The molecule has 106 valence electrons. The van der Waals surface area contributed by atoms with Crippen molar-refractivity contribution in [3.8, 4) is 5.75 Å². The van der Waals surface area contributed by atoms with Gasteiger partial charge in [-0.3, -0.25) is 0 Å². The molecule has 2 rings (SSSR count). The highest BCUT2D eigenvalue weighted by Crippen LogP contribution is 2.27. The summed E-state index contributed by atoms with van der Waals surface area (Å²) in [5, 5.41) is 3.66. The average Bonchev–Trinajstić information content (AvgIpc) is 2.49. The molecule has 0 heterocycles. The maximum atomic E-state index is 5.26. The molecule has 0 spiro atoms. The van der Waals surface area contributed by atoms with Crippen LogP contribution in [0.25, 0.3) is 0 Å². The minimum atomic E-state index is 0.355. The maximum absolute atomic E-state index is 5.26. The molecule has 0 aliphatic carbocycles. The molecule has 2 nitrogen and oxygen atoms in total. The van der Waals surface area contributed by atoms with Crippen LogP contribution >= 0.6 is 0 Å². The van der Waals surface area contributed by atoms with Gasteiger partial charge in [-0.25, -0.2) is 0 Å². The number of rotatable bonds is 6. The van der Waals surface area contributed by atoms with E-state index in [9.17, 15) is 0 Å². The minimum absolute atomic E-state index is 0.355. The van der Waals surface area contributed by atoms with E-state index in [2.05, 4.69) is 61.6 Å². The summed E-state index contributed by atoms with van der Waals surface area (Å²) in [5.41, 5.74) is 3.72. The molecule has 0 radical (unpaired) electrons. The van der Waals surface area contributed by atoms with Crippen LogP contribution in [0.3, 0.4) is 0 Å². The first-order valence-corrected chi connectivity index (χ1v) is 7.20. The SMILES string of the molecule is CCCC(Nc1ccc(OC)cc1C)c1ccccc1. The molecule has 20 heavy (non-hydrogen) atoms. The zero-order valence-electron chi connectivity index (χ0n) is 12.5. The molecule has 1 N–H and O–H groups in total. The fourth-order valence-corrected chi connectivity index (χ4v) is 2.41. The molecule has 1 unspecified atom stereocenters.